The largest absolute Gasteiger partial charge is 0.494 e. The van der Waals surface area contributed by atoms with Gasteiger partial charge in [0, 0.05) is 17.7 Å². The minimum atomic E-state index is -0.381. The van der Waals surface area contributed by atoms with Crippen LogP contribution in [0.2, 0.25) is 0 Å². The SMILES string of the molecule is CCOc1ccc(-c2cc(C(=O)NNCc3ccccc3F)cnn2)cc1. The lowest BCUT2D eigenvalue weighted by Gasteiger charge is -2.09. The molecule has 0 radical (unpaired) electrons. The molecule has 0 aliphatic rings. The van der Waals surface area contributed by atoms with Crippen molar-refractivity contribution in [3.05, 3.63) is 77.7 Å². The van der Waals surface area contributed by atoms with E-state index in [0.717, 1.165) is 11.3 Å². The fourth-order valence-electron chi connectivity index (χ4n) is 2.45. The van der Waals surface area contributed by atoms with Crippen molar-refractivity contribution in [3.63, 3.8) is 0 Å². The van der Waals surface area contributed by atoms with E-state index in [4.69, 9.17) is 4.74 Å². The normalized spacial score (nSPS) is 10.4. The minimum absolute atomic E-state index is 0.169. The second kappa shape index (κ2) is 8.86. The molecule has 0 aliphatic heterocycles. The molecular weight excluding hydrogens is 347 g/mol. The number of halogens is 1. The summed E-state index contributed by atoms with van der Waals surface area (Å²) in [5.74, 6) is 0.0523. The highest BCUT2D eigenvalue weighted by atomic mass is 19.1. The number of carbonyl (C=O) groups is 1. The third-order valence-electron chi connectivity index (χ3n) is 3.82. The highest BCUT2D eigenvalue weighted by Crippen LogP contribution is 2.21. The Morgan fingerprint density at radius 2 is 1.93 bits per heavy atom. The Hall–Kier alpha value is -3.32. The quantitative estimate of drug-likeness (QED) is 0.629. The van der Waals surface area contributed by atoms with Crippen LogP contribution in [0, 0.1) is 5.82 Å². The molecule has 0 saturated heterocycles. The van der Waals surface area contributed by atoms with Crippen molar-refractivity contribution in [1.82, 2.24) is 21.0 Å². The highest BCUT2D eigenvalue weighted by molar-refractivity contribution is 5.94. The van der Waals surface area contributed by atoms with Crippen LogP contribution in [0.1, 0.15) is 22.8 Å². The average Bonchev–Trinajstić information content (AvgIpc) is 2.70. The number of nitrogens with zero attached hydrogens (tertiary/aromatic N) is 2. The number of ether oxygens (including phenoxy) is 1. The first-order valence-electron chi connectivity index (χ1n) is 8.50. The second-order valence-corrected chi connectivity index (χ2v) is 5.69. The van der Waals surface area contributed by atoms with Crippen molar-refractivity contribution < 1.29 is 13.9 Å². The van der Waals surface area contributed by atoms with Crippen molar-refractivity contribution >= 4 is 5.91 Å². The van der Waals surface area contributed by atoms with Gasteiger partial charge in [0.2, 0.25) is 0 Å². The summed E-state index contributed by atoms with van der Waals surface area (Å²) >= 11 is 0. The number of hydrogen-bond donors (Lipinski definition) is 2. The van der Waals surface area contributed by atoms with E-state index in [0.29, 0.717) is 23.4 Å². The van der Waals surface area contributed by atoms with E-state index < -0.39 is 0 Å². The zero-order valence-electron chi connectivity index (χ0n) is 14.8. The maximum atomic E-state index is 13.6. The molecule has 0 spiro atoms. The topological polar surface area (TPSA) is 76.1 Å². The Balaban J connectivity index is 1.64. The fourth-order valence-corrected chi connectivity index (χ4v) is 2.45. The van der Waals surface area contributed by atoms with Crippen LogP contribution in [0.15, 0.2) is 60.8 Å². The van der Waals surface area contributed by atoms with Crippen molar-refractivity contribution in [1.29, 1.82) is 0 Å². The van der Waals surface area contributed by atoms with Crippen molar-refractivity contribution in [2.75, 3.05) is 6.61 Å². The lowest BCUT2D eigenvalue weighted by Crippen LogP contribution is -2.37. The van der Waals surface area contributed by atoms with Gasteiger partial charge in [-0.3, -0.25) is 10.2 Å². The van der Waals surface area contributed by atoms with Crippen molar-refractivity contribution in [2.45, 2.75) is 13.5 Å². The first-order chi connectivity index (χ1) is 13.2. The molecule has 0 aliphatic carbocycles. The van der Waals surface area contributed by atoms with Crippen LogP contribution in [0.25, 0.3) is 11.3 Å². The molecule has 1 heterocycles. The third-order valence-corrected chi connectivity index (χ3v) is 3.82. The first-order valence-corrected chi connectivity index (χ1v) is 8.50. The minimum Gasteiger partial charge on any atom is -0.494 e. The van der Waals surface area contributed by atoms with Crippen LogP contribution in [0.4, 0.5) is 4.39 Å². The van der Waals surface area contributed by atoms with Gasteiger partial charge in [-0.1, -0.05) is 18.2 Å². The van der Waals surface area contributed by atoms with Crippen LogP contribution in [-0.2, 0) is 6.54 Å². The van der Waals surface area contributed by atoms with Crippen molar-refractivity contribution in [2.24, 2.45) is 0 Å². The summed E-state index contributed by atoms with van der Waals surface area (Å²) in [5.41, 5.74) is 7.44. The summed E-state index contributed by atoms with van der Waals surface area (Å²) in [6.07, 6.45) is 1.37. The van der Waals surface area contributed by atoms with E-state index in [2.05, 4.69) is 21.0 Å². The Bertz CT molecular complexity index is 916. The molecular formula is C20H19FN4O2. The summed E-state index contributed by atoms with van der Waals surface area (Å²) < 4.78 is 19.0. The molecule has 0 unspecified atom stereocenters. The smallest absolute Gasteiger partial charge is 0.267 e. The molecule has 0 atom stereocenters. The van der Waals surface area contributed by atoms with Gasteiger partial charge in [0.05, 0.1) is 24.1 Å². The van der Waals surface area contributed by atoms with Crippen LogP contribution in [0.5, 0.6) is 5.75 Å². The van der Waals surface area contributed by atoms with Crippen LogP contribution >= 0.6 is 0 Å². The molecule has 1 aromatic heterocycles. The molecule has 6 nitrogen and oxygen atoms in total. The van der Waals surface area contributed by atoms with E-state index in [1.54, 1.807) is 24.3 Å². The van der Waals surface area contributed by atoms with Gasteiger partial charge in [-0.2, -0.15) is 10.2 Å². The summed E-state index contributed by atoms with van der Waals surface area (Å²) in [6, 6.07) is 15.4. The average molecular weight is 366 g/mol. The van der Waals surface area contributed by atoms with Gasteiger partial charge in [0.25, 0.3) is 5.91 Å². The monoisotopic (exact) mass is 366 g/mol. The van der Waals surface area contributed by atoms with E-state index in [1.807, 2.05) is 31.2 Å². The molecule has 2 N–H and O–H groups in total. The zero-order valence-corrected chi connectivity index (χ0v) is 14.8. The predicted octanol–water partition coefficient (Wildman–Crippen LogP) is 3.12. The molecule has 1 amide bonds. The molecule has 0 fully saturated rings. The van der Waals surface area contributed by atoms with E-state index in [9.17, 15) is 9.18 Å². The van der Waals surface area contributed by atoms with Gasteiger partial charge in [-0.05, 0) is 43.3 Å². The number of rotatable bonds is 7. The Labute approximate surface area is 156 Å². The van der Waals surface area contributed by atoms with Gasteiger partial charge >= 0.3 is 0 Å². The second-order valence-electron chi connectivity index (χ2n) is 5.69. The lowest BCUT2D eigenvalue weighted by molar-refractivity contribution is 0.0931. The van der Waals surface area contributed by atoms with Gasteiger partial charge in [-0.15, -0.1) is 0 Å². The van der Waals surface area contributed by atoms with Crippen LogP contribution in [0.3, 0.4) is 0 Å². The standard InChI is InChI=1S/C20H19FN4O2/c1-2-27-17-9-7-14(8-10-17)19-11-16(13-22-24-19)20(26)25-23-12-15-5-3-4-6-18(15)21/h3-11,13,23H,2,12H2,1H3,(H,25,26). The highest BCUT2D eigenvalue weighted by Gasteiger charge is 2.09. The Kier molecular flexibility index (Phi) is 6.06. The third kappa shape index (κ3) is 4.86. The molecule has 0 bridgehead atoms. The fraction of sp³-hybridized carbons (Fsp3) is 0.150. The number of carbonyl (C=O) groups excluding carboxylic acids is 1. The summed E-state index contributed by atoms with van der Waals surface area (Å²) in [7, 11) is 0. The van der Waals surface area contributed by atoms with Crippen LogP contribution in [-0.4, -0.2) is 22.7 Å². The summed E-state index contributed by atoms with van der Waals surface area (Å²) in [5, 5.41) is 7.96. The molecule has 3 rings (SSSR count). The Morgan fingerprint density at radius 1 is 1.15 bits per heavy atom. The number of aromatic nitrogens is 2. The lowest BCUT2D eigenvalue weighted by atomic mass is 10.1. The number of nitrogens with one attached hydrogen (secondary N) is 2. The molecule has 0 saturated carbocycles. The molecule has 3 aromatic rings. The van der Waals surface area contributed by atoms with Crippen molar-refractivity contribution in [3.8, 4) is 17.0 Å². The first kappa shape index (κ1) is 18.5. The Morgan fingerprint density at radius 3 is 2.67 bits per heavy atom. The van der Waals surface area contributed by atoms with E-state index >= 15 is 0 Å². The van der Waals surface area contributed by atoms with Gasteiger partial charge in [-0.25, -0.2) is 9.82 Å². The number of amides is 1. The number of hydrazine groups is 1. The van der Waals surface area contributed by atoms with Gasteiger partial charge < -0.3 is 4.74 Å². The zero-order chi connectivity index (χ0) is 19.1. The maximum Gasteiger partial charge on any atom is 0.267 e. The maximum absolute atomic E-state index is 13.6. The molecule has 27 heavy (non-hydrogen) atoms. The summed E-state index contributed by atoms with van der Waals surface area (Å²) in [4.78, 5) is 12.3. The molecule has 138 valence electrons. The van der Waals surface area contributed by atoms with Gasteiger partial charge in [0.1, 0.15) is 11.6 Å². The number of benzene rings is 2. The van der Waals surface area contributed by atoms with Crippen LogP contribution < -0.4 is 15.6 Å². The summed E-state index contributed by atoms with van der Waals surface area (Å²) in [6.45, 7) is 2.68. The van der Waals surface area contributed by atoms with E-state index in [1.165, 1.54) is 12.3 Å². The van der Waals surface area contributed by atoms with E-state index in [-0.39, 0.29) is 18.3 Å². The predicted molar refractivity (Wildman–Crippen MR) is 99.3 cm³/mol. The molecule has 2 aromatic carbocycles. The molecule has 7 heteroatoms. The number of hydrogen-bond acceptors (Lipinski definition) is 5. The van der Waals surface area contributed by atoms with Gasteiger partial charge in [0.15, 0.2) is 0 Å².